The van der Waals surface area contributed by atoms with Crippen molar-refractivity contribution in [1.82, 2.24) is 0 Å². The van der Waals surface area contributed by atoms with E-state index in [1.54, 1.807) is 18.2 Å². The molecular weight excluding hydrogens is 192 g/mol. The maximum Gasteiger partial charge on any atom is 0.311 e. The molecule has 0 spiro atoms. The number of rotatable bonds is 4. The zero-order chi connectivity index (χ0) is 11.3. The summed E-state index contributed by atoms with van der Waals surface area (Å²) in [7, 11) is 0. The molecule has 4 N–H and O–H groups in total. The van der Waals surface area contributed by atoms with Gasteiger partial charge >= 0.3 is 5.97 Å². The summed E-state index contributed by atoms with van der Waals surface area (Å²) < 4.78 is 5.08. The number of nitrogen functional groups attached to an aromatic ring is 2. The highest BCUT2D eigenvalue weighted by molar-refractivity contribution is 5.75. The molecule has 0 saturated heterocycles. The van der Waals surface area contributed by atoms with Gasteiger partial charge in [-0.15, -0.1) is 0 Å². The number of esters is 1. The van der Waals surface area contributed by atoms with Crippen molar-refractivity contribution in [2.45, 2.75) is 26.2 Å². The number of anilines is 2. The Morgan fingerprint density at radius 1 is 1.40 bits per heavy atom. The largest absolute Gasteiger partial charge is 0.424 e. The maximum atomic E-state index is 11.3. The molecule has 0 radical (unpaired) electrons. The summed E-state index contributed by atoms with van der Waals surface area (Å²) in [6.07, 6.45) is 2.21. The summed E-state index contributed by atoms with van der Waals surface area (Å²) in [5.41, 5.74) is 12.1. The molecular formula is C11H16N2O2. The van der Waals surface area contributed by atoms with E-state index in [1.165, 1.54) is 0 Å². The van der Waals surface area contributed by atoms with Gasteiger partial charge in [0.1, 0.15) is 0 Å². The molecule has 0 aliphatic heterocycles. The second-order valence-electron chi connectivity index (χ2n) is 3.37. The number of carbonyl (C=O) groups is 1. The van der Waals surface area contributed by atoms with Gasteiger partial charge in [-0.3, -0.25) is 4.79 Å². The van der Waals surface area contributed by atoms with E-state index < -0.39 is 0 Å². The fourth-order valence-electron chi connectivity index (χ4n) is 1.15. The predicted octanol–water partition coefficient (Wildman–Crippen LogP) is 1.95. The fourth-order valence-corrected chi connectivity index (χ4v) is 1.15. The van der Waals surface area contributed by atoms with Crippen LogP contribution in [-0.2, 0) is 4.79 Å². The van der Waals surface area contributed by atoms with Crippen molar-refractivity contribution in [2.24, 2.45) is 0 Å². The first-order chi connectivity index (χ1) is 7.13. The van der Waals surface area contributed by atoms with Crippen LogP contribution in [0.3, 0.4) is 0 Å². The third kappa shape index (κ3) is 3.50. The molecule has 0 fully saturated rings. The van der Waals surface area contributed by atoms with Crippen LogP contribution in [0.4, 0.5) is 11.4 Å². The number of hydrogen-bond donors (Lipinski definition) is 2. The van der Waals surface area contributed by atoms with Crippen molar-refractivity contribution < 1.29 is 9.53 Å². The molecule has 0 aliphatic carbocycles. The van der Waals surface area contributed by atoms with Gasteiger partial charge in [0.2, 0.25) is 0 Å². The molecule has 0 heterocycles. The van der Waals surface area contributed by atoms with Crippen LogP contribution in [0.25, 0.3) is 0 Å². The van der Waals surface area contributed by atoms with Crippen LogP contribution < -0.4 is 16.2 Å². The molecule has 0 bridgehead atoms. The van der Waals surface area contributed by atoms with Gasteiger partial charge in [0.25, 0.3) is 0 Å². The number of ether oxygens (including phenoxy) is 1. The second kappa shape index (κ2) is 5.24. The van der Waals surface area contributed by atoms with Gasteiger partial charge in [0.05, 0.1) is 5.69 Å². The van der Waals surface area contributed by atoms with Crippen molar-refractivity contribution in [1.29, 1.82) is 0 Å². The highest BCUT2D eigenvalue weighted by atomic mass is 16.5. The van der Waals surface area contributed by atoms with Gasteiger partial charge in [-0.25, -0.2) is 0 Å². The Labute approximate surface area is 89.2 Å². The Morgan fingerprint density at radius 3 is 2.73 bits per heavy atom. The molecule has 1 aromatic carbocycles. The van der Waals surface area contributed by atoms with Crippen LogP contribution in [0, 0.1) is 0 Å². The Hall–Kier alpha value is -1.71. The van der Waals surface area contributed by atoms with Gasteiger partial charge < -0.3 is 16.2 Å². The smallest absolute Gasteiger partial charge is 0.311 e. The SMILES string of the molecule is CCCCC(=O)Oc1ccc(N)cc1N. The number of hydrogen-bond acceptors (Lipinski definition) is 4. The molecule has 0 unspecified atom stereocenters. The van der Waals surface area contributed by atoms with Crippen LogP contribution in [-0.4, -0.2) is 5.97 Å². The van der Waals surface area contributed by atoms with Gasteiger partial charge in [-0.1, -0.05) is 13.3 Å². The summed E-state index contributed by atoms with van der Waals surface area (Å²) in [4.78, 5) is 11.3. The minimum Gasteiger partial charge on any atom is -0.424 e. The van der Waals surface area contributed by atoms with E-state index in [1.807, 2.05) is 6.92 Å². The monoisotopic (exact) mass is 208 g/mol. The zero-order valence-corrected chi connectivity index (χ0v) is 8.82. The lowest BCUT2D eigenvalue weighted by molar-refractivity contribution is -0.134. The summed E-state index contributed by atoms with van der Waals surface area (Å²) in [5.74, 6) is 0.124. The number of carbonyl (C=O) groups excluding carboxylic acids is 1. The quantitative estimate of drug-likeness (QED) is 0.450. The van der Waals surface area contributed by atoms with E-state index in [4.69, 9.17) is 16.2 Å². The molecule has 0 aliphatic rings. The number of nitrogens with two attached hydrogens (primary N) is 2. The van der Waals surface area contributed by atoms with E-state index >= 15 is 0 Å². The summed E-state index contributed by atoms with van der Waals surface area (Å²) in [6.45, 7) is 2.02. The third-order valence-electron chi connectivity index (χ3n) is 1.99. The molecule has 82 valence electrons. The molecule has 4 nitrogen and oxygen atoms in total. The lowest BCUT2D eigenvalue weighted by Crippen LogP contribution is -2.09. The predicted molar refractivity (Wildman–Crippen MR) is 60.4 cm³/mol. The first-order valence-electron chi connectivity index (χ1n) is 4.99. The molecule has 0 saturated carbocycles. The molecule has 0 amide bonds. The molecule has 1 rings (SSSR count). The molecule has 0 aromatic heterocycles. The maximum absolute atomic E-state index is 11.3. The zero-order valence-electron chi connectivity index (χ0n) is 8.82. The van der Waals surface area contributed by atoms with Gasteiger partial charge in [-0.05, 0) is 24.6 Å². The lowest BCUT2D eigenvalue weighted by Gasteiger charge is -2.07. The molecule has 4 heteroatoms. The average Bonchev–Trinajstić information content (AvgIpc) is 2.19. The fraction of sp³-hybridized carbons (Fsp3) is 0.364. The van der Waals surface area contributed by atoms with Gasteiger partial charge in [-0.2, -0.15) is 0 Å². The van der Waals surface area contributed by atoms with Crippen LogP contribution >= 0.6 is 0 Å². The van der Waals surface area contributed by atoms with Gasteiger partial charge in [0, 0.05) is 12.1 Å². The summed E-state index contributed by atoms with van der Waals surface area (Å²) in [6, 6.07) is 4.83. The summed E-state index contributed by atoms with van der Waals surface area (Å²) >= 11 is 0. The highest BCUT2D eigenvalue weighted by Gasteiger charge is 2.06. The number of benzene rings is 1. The Balaban J connectivity index is 2.60. The Kier molecular flexibility index (Phi) is 3.97. The van der Waals surface area contributed by atoms with Crippen molar-refractivity contribution in [3.05, 3.63) is 18.2 Å². The molecule has 15 heavy (non-hydrogen) atoms. The van der Waals surface area contributed by atoms with Crippen LogP contribution in [0.1, 0.15) is 26.2 Å². The van der Waals surface area contributed by atoms with E-state index in [0.717, 1.165) is 12.8 Å². The molecule has 0 atom stereocenters. The van der Waals surface area contributed by atoms with E-state index in [0.29, 0.717) is 23.5 Å². The Morgan fingerprint density at radius 2 is 2.13 bits per heavy atom. The first-order valence-corrected chi connectivity index (χ1v) is 4.99. The van der Waals surface area contributed by atoms with E-state index in [-0.39, 0.29) is 5.97 Å². The topological polar surface area (TPSA) is 78.3 Å². The van der Waals surface area contributed by atoms with Crippen LogP contribution in [0.5, 0.6) is 5.75 Å². The minimum absolute atomic E-state index is 0.256. The van der Waals surface area contributed by atoms with Crippen molar-refractivity contribution >= 4 is 17.3 Å². The van der Waals surface area contributed by atoms with Crippen LogP contribution in [0.15, 0.2) is 18.2 Å². The van der Waals surface area contributed by atoms with E-state index in [9.17, 15) is 4.79 Å². The average molecular weight is 208 g/mol. The van der Waals surface area contributed by atoms with E-state index in [2.05, 4.69) is 0 Å². The molecule has 1 aromatic rings. The second-order valence-corrected chi connectivity index (χ2v) is 3.37. The third-order valence-corrected chi connectivity index (χ3v) is 1.99. The van der Waals surface area contributed by atoms with Gasteiger partial charge in [0.15, 0.2) is 5.75 Å². The van der Waals surface area contributed by atoms with Crippen molar-refractivity contribution in [2.75, 3.05) is 11.5 Å². The van der Waals surface area contributed by atoms with Crippen LogP contribution in [0.2, 0.25) is 0 Å². The first kappa shape index (κ1) is 11.4. The highest BCUT2D eigenvalue weighted by Crippen LogP contribution is 2.23. The Bertz CT molecular complexity index is 350. The standard InChI is InChI=1S/C11H16N2O2/c1-2-3-4-11(14)15-10-6-5-8(12)7-9(10)13/h5-7H,2-4,12-13H2,1H3. The normalized spacial score (nSPS) is 9.93. The summed E-state index contributed by atoms with van der Waals surface area (Å²) in [5, 5.41) is 0. The lowest BCUT2D eigenvalue weighted by atomic mass is 10.2. The van der Waals surface area contributed by atoms with Crippen molar-refractivity contribution in [3.63, 3.8) is 0 Å². The van der Waals surface area contributed by atoms with Crippen molar-refractivity contribution in [3.8, 4) is 5.75 Å². The minimum atomic E-state index is -0.256. The number of unbranched alkanes of at least 4 members (excludes halogenated alkanes) is 1.